The molecule has 1 saturated carbocycles. The molecule has 1 aliphatic rings. The van der Waals surface area contributed by atoms with Gasteiger partial charge in [-0.25, -0.2) is 0 Å². The van der Waals surface area contributed by atoms with Crippen LogP contribution in [-0.2, 0) is 0 Å². The fraction of sp³-hybridized carbons (Fsp3) is 0.333. The lowest BCUT2D eigenvalue weighted by molar-refractivity contribution is 0.515. The van der Waals surface area contributed by atoms with Gasteiger partial charge in [-0.15, -0.1) is 0 Å². The Hall–Kier alpha value is -0.640. The van der Waals surface area contributed by atoms with E-state index in [1.54, 1.807) is 0 Å². The zero-order valence-corrected chi connectivity index (χ0v) is 15.4. The SMILES string of the molecule is CNC(c1cc(Br)c(C)cc1Br)C1CC1c1ccccc1. The molecule has 0 amide bonds. The molecule has 3 heteroatoms. The number of benzene rings is 2. The predicted octanol–water partition coefficient (Wildman–Crippen LogP) is 5.58. The number of hydrogen-bond acceptors (Lipinski definition) is 1. The van der Waals surface area contributed by atoms with Gasteiger partial charge >= 0.3 is 0 Å². The van der Waals surface area contributed by atoms with Gasteiger partial charge in [0, 0.05) is 15.0 Å². The van der Waals surface area contributed by atoms with E-state index in [0.29, 0.717) is 17.9 Å². The second-order valence-corrected chi connectivity index (χ2v) is 7.51. The molecule has 1 N–H and O–H groups in total. The van der Waals surface area contributed by atoms with Crippen LogP contribution in [0.3, 0.4) is 0 Å². The van der Waals surface area contributed by atoms with Crippen LogP contribution in [0.2, 0.25) is 0 Å². The van der Waals surface area contributed by atoms with Crippen molar-refractivity contribution >= 4 is 31.9 Å². The van der Waals surface area contributed by atoms with Crippen LogP contribution in [-0.4, -0.2) is 7.05 Å². The van der Waals surface area contributed by atoms with Crippen LogP contribution >= 0.6 is 31.9 Å². The van der Waals surface area contributed by atoms with Gasteiger partial charge in [0.15, 0.2) is 0 Å². The molecular weight excluding hydrogens is 390 g/mol. The second kappa shape index (κ2) is 6.23. The zero-order valence-electron chi connectivity index (χ0n) is 12.2. The maximum atomic E-state index is 3.73. The lowest BCUT2D eigenvalue weighted by Crippen LogP contribution is -2.19. The summed E-state index contributed by atoms with van der Waals surface area (Å²) in [4.78, 5) is 0. The molecule has 1 aliphatic carbocycles. The van der Waals surface area contributed by atoms with Gasteiger partial charge in [-0.3, -0.25) is 0 Å². The Labute approximate surface area is 143 Å². The predicted molar refractivity (Wildman–Crippen MR) is 95.7 cm³/mol. The molecule has 21 heavy (non-hydrogen) atoms. The van der Waals surface area contributed by atoms with E-state index >= 15 is 0 Å². The van der Waals surface area contributed by atoms with Crippen LogP contribution < -0.4 is 5.32 Å². The first-order chi connectivity index (χ1) is 10.1. The molecule has 0 heterocycles. The highest BCUT2D eigenvalue weighted by Crippen LogP contribution is 2.54. The quantitative estimate of drug-likeness (QED) is 0.695. The Morgan fingerprint density at radius 1 is 1.10 bits per heavy atom. The van der Waals surface area contributed by atoms with Gasteiger partial charge in [-0.2, -0.15) is 0 Å². The first kappa shape index (κ1) is 15.3. The summed E-state index contributed by atoms with van der Waals surface area (Å²) >= 11 is 7.39. The zero-order chi connectivity index (χ0) is 15.0. The maximum Gasteiger partial charge on any atom is 0.0363 e. The van der Waals surface area contributed by atoms with Crippen molar-refractivity contribution in [3.63, 3.8) is 0 Å². The maximum absolute atomic E-state index is 3.73. The summed E-state index contributed by atoms with van der Waals surface area (Å²) in [7, 11) is 2.06. The van der Waals surface area contributed by atoms with Gasteiger partial charge in [0.1, 0.15) is 0 Å². The van der Waals surface area contributed by atoms with Crippen LogP contribution in [0.1, 0.15) is 35.1 Å². The van der Waals surface area contributed by atoms with Gasteiger partial charge in [0.25, 0.3) is 0 Å². The summed E-state index contributed by atoms with van der Waals surface area (Å²) in [5, 5.41) is 3.52. The Bertz CT molecular complexity index is 639. The second-order valence-electron chi connectivity index (χ2n) is 5.81. The van der Waals surface area contributed by atoms with E-state index in [9.17, 15) is 0 Å². The van der Waals surface area contributed by atoms with Crippen molar-refractivity contribution in [1.82, 2.24) is 5.32 Å². The van der Waals surface area contributed by atoms with Crippen molar-refractivity contribution in [2.75, 3.05) is 7.05 Å². The largest absolute Gasteiger partial charge is 0.313 e. The summed E-state index contributed by atoms with van der Waals surface area (Å²) < 4.78 is 2.37. The summed E-state index contributed by atoms with van der Waals surface area (Å²) in [6.07, 6.45) is 1.26. The summed E-state index contributed by atoms with van der Waals surface area (Å²) in [6, 6.07) is 15.7. The minimum Gasteiger partial charge on any atom is -0.313 e. The third-order valence-corrected chi connectivity index (χ3v) is 5.96. The van der Waals surface area contributed by atoms with Gasteiger partial charge in [-0.05, 0) is 61.1 Å². The van der Waals surface area contributed by atoms with E-state index in [0.717, 1.165) is 0 Å². The number of rotatable bonds is 4. The monoisotopic (exact) mass is 407 g/mol. The Balaban J connectivity index is 1.86. The van der Waals surface area contributed by atoms with Crippen molar-refractivity contribution in [3.05, 3.63) is 68.1 Å². The third kappa shape index (κ3) is 3.10. The van der Waals surface area contributed by atoms with E-state index in [1.807, 2.05) is 0 Å². The van der Waals surface area contributed by atoms with Gasteiger partial charge < -0.3 is 5.32 Å². The molecule has 3 unspecified atom stereocenters. The highest BCUT2D eigenvalue weighted by atomic mass is 79.9. The molecule has 0 bridgehead atoms. The van der Waals surface area contributed by atoms with Crippen molar-refractivity contribution in [2.24, 2.45) is 5.92 Å². The smallest absolute Gasteiger partial charge is 0.0363 e. The first-order valence-corrected chi connectivity index (χ1v) is 8.88. The Morgan fingerprint density at radius 2 is 1.81 bits per heavy atom. The molecule has 0 spiro atoms. The lowest BCUT2D eigenvalue weighted by Gasteiger charge is -2.20. The van der Waals surface area contributed by atoms with Crippen LogP contribution in [0.15, 0.2) is 51.4 Å². The fourth-order valence-electron chi connectivity index (χ4n) is 3.17. The first-order valence-electron chi connectivity index (χ1n) is 7.29. The molecule has 3 rings (SSSR count). The lowest BCUT2D eigenvalue weighted by atomic mass is 9.98. The average molecular weight is 409 g/mol. The summed E-state index contributed by atoms with van der Waals surface area (Å²) in [5.41, 5.74) is 4.07. The number of hydrogen-bond donors (Lipinski definition) is 1. The van der Waals surface area contributed by atoms with Crippen LogP contribution in [0.4, 0.5) is 0 Å². The molecular formula is C18H19Br2N. The number of halogens is 2. The van der Waals surface area contributed by atoms with Crippen LogP contribution in [0.5, 0.6) is 0 Å². The molecule has 1 fully saturated rings. The van der Waals surface area contributed by atoms with Crippen LogP contribution in [0.25, 0.3) is 0 Å². The van der Waals surface area contributed by atoms with Crippen molar-refractivity contribution in [1.29, 1.82) is 0 Å². The fourth-order valence-corrected chi connectivity index (χ4v) is 4.23. The van der Waals surface area contributed by atoms with Gasteiger partial charge in [0.05, 0.1) is 0 Å². The van der Waals surface area contributed by atoms with E-state index in [1.165, 1.54) is 32.1 Å². The van der Waals surface area contributed by atoms with E-state index in [-0.39, 0.29) is 0 Å². The van der Waals surface area contributed by atoms with Gasteiger partial charge in [0.2, 0.25) is 0 Å². The Morgan fingerprint density at radius 3 is 2.48 bits per heavy atom. The third-order valence-electron chi connectivity index (χ3n) is 4.42. The van der Waals surface area contributed by atoms with Crippen molar-refractivity contribution in [3.8, 4) is 0 Å². The Kier molecular flexibility index (Phi) is 4.53. The molecule has 0 radical (unpaired) electrons. The molecule has 1 nitrogen and oxygen atoms in total. The molecule has 2 aromatic carbocycles. The highest BCUT2D eigenvalue weighted by Gasteiger charge is 2.44. The van der Waals surface area contributed by atoms with Crippen LogP contribution in [0, 0.1) is 12.8 Å². The molecule has 3 atom stereocenters. The topological polar surface area (TPSA) is 12.0 Å². The molecule has 2 aromatic rings. The molecule has 110 valence electrons. The minimum absolute atomic E-state index is 0.390. The number of nitrogens with one attached hydrogen (secondary N) is 1. The van der Waals surface area contributed by atoms with Crippen molar-refractivity contribution in [2.45, 2.75) is 25.3 Å². The molecule has 0 saturated heterocycles. The van der Waals surface area contributed by atoms with E-state index in [2.05, 4.69) is 93.6 Å². The van der Waals surface area contributed by atoms with Crippen molar-refractivity contribution < 1.29 is 0 Å². The molecule has 0 aromatic heterocycles. The normalized spacial score (nSPS) is 22.1. The minimum atomic E-state index is 0.390. The average Bonchev–Trinajstić information content (AvgIpc) is 3.26. The summed E-state index contributed by atoms with van der Waals surface area (Å²) in [5.74, 6) is 1.35. The van der Waals surface area contributed by atoms with E-state index < -0.39 is 0 Å². The van der Waals surface area contributed by atoms with Gasteiger partial charge in [-0.1, -0.05) is 62.2 Å². The standard InChI is InChI=1S/C18H19Br2N/c1-11-8-17(20)15(10-16(11)19)18(21-2)14-9-13(14)12-6-4-3-5-7-12/h3-8,10,13-14,18,21H,9H2,1-2H3. The summed E-state index contributed by atoms with van der Waals surface area (Å²) in [6.45, 7) is 2.12. The highest BCUT2D eigenvalue weighted by molar-refractivity contribution is 9.11. The number of aryl methyl sites for hydroxylation is 1. The molecule has 0 aliphatic heterocycles. The van der Waals surface area contributed by atoms with E-state index in [4.69, 9.17) is 0 Å².